The molecule has 0 aliphatic carbocycles. The SMILES string of the molecule is C[C@@H](Oc1ccc(N)c(C(=N)c2ccc(N3CC4(CCOC4)C3)nc2)c1)c1c(Cl)cnc(F)c1Cl. The van der Waals surface area contributed by atoms with Gasteiger partial charge in [0, 0.05) is 59.9 Å². The number of nitrogens with one attached hydrogen (secondary N) is 1. The molecule has 2 aliphatic rings. The second kappa shape index (κ2) is 9.26. The van der Waals surface area contributed by atoms with Crippen LogP contribution in [0.4, 0.5) is 15.9 Å². The van der Waals surface area contributed by atoms with E-state index >= 15 is 0 Å². The van der Waals surface area contributed by atoms with E-state index in [1.165, 1.54) is 6.20 Å². The molecule has 0 bridgehead atoms. The predicted octanol–water partition coefficient (Wildman–Crippen LogP) is 5.29. The van der Waals surface area contributed by atoms with Crippen molar-refractivity contribution in [2.75, 3.05) is 36.9 Å². The molecule has 0 saturated carbocycles. The fourth-order valence-corrected chi connectivity index (χ4v) is 5.27. The first-order valence-corrected chi connectivity index (χ1v) is 12.0. The van der Waals surface area contributed by atoms with Gasteiger partial charge in [-0.15, -0.1) is 0 Å². The molecule has 0 amide bonds. The number of rotatable bonds is 6. The molecule has 4 heterocycles. The van der Waals surface area contributed by atoms with Gasteiger partial charge in [-0.2, -0.15) is 4.39 Å². The van der Waals surface area contributed by atoms with Crippen molar-refractivity contribution in [1.29, 1.82) is 5.41 Å². The third-order valence-electron chi connectivity index (χ3n) is 6.58. The van der Waals surface area contributed by atoms with Crippen molar-refractivity contribution in [2.45, 2.75) is 19.4 Å². The van der Waals surface area contributed by atoms with Crippen LogP contribution < -0.4 is 15.4 Å². The highest BCUT2D eigenvalue weighted by atomic mass is 35.5. The van der Waals surface area contributed by atoms with Crippen molar-refractivity contribution in [3.8, 4) is 5.75 Å². The maximum atomic E-state index is 13.8. The van der Waals surface area contributed by atoms with Crippen LogP contribution in [0.1, 0.15) is 36.1 Å². The number of pyridine rings is 2. The number of hydrogen-bond donors (Lipinski definition) is 2. The summed E-state index contributed by atoms with van der Waals surface area (Å²) in [6.07, 6.45) is 3.31. The Morgan fingerprint density at radius 3 is 2.71 bits per heavy atom. The first-order valence-electron chi connectivity index (χ1n) is 11.2. The number of benzene rings is 1. The average molecular weight is 516 g/mol. The largest absolute Gasteiger partial charge is 0.486 e. The number of hydrogen-bond acceptors (Lipinski definition) is 7. The lowest BCUT2D eigenvalue weighted by Crippen LogP contribution is -2.57. The van der Waals surface area contributed by atoms with E-state index in [4.69, 9.17) is 43.8 Å². The lowest BCUT2D eigenvalue weighted by atomic mass is 9.79. The van der Waals surface area contributed by atoms with Crippen molar-refractivity contribution < 1.29 is 13.9 Å². The van der Waals surface area contributed by atoms with Crippen molar-refractivity contribution >= 4 is 40.4 Å². The molecule has 1 aromatic carbocycles. The summed E-state index contributed by atoms with van der Waals surface area (Å²) in [5, 5.41) is 8.73. The van der Waals surface area contributed by atoms with Gasteiger partial charge in [-0.1, -0.05) is 23.2 Å². The highest BCUT2D eigenvalue weighted by Gasteiger charge is 2.46. The molecular formula is C25H24Cl2FN5O2. The number of ether oxygens (including phenoxy) is 2. The zero-order valence-corrected chi connectivity index (χ0v) is 20.5. The fraction of sp³-hybridized carbons (Fsp3) is 0.320. The van der Waals surface area contributed by atoms with E-state index in [1.807, 2.05) is 12.1 Å². The normalized spacial score (nSPS) is 17.3. The molecule has 0 unspecified atom stereocenters. The zero-order valence-electron chi connectivity index (χ0n) is 19.0. The number of anilines is 2. The van der Waals surface area contributed by atoms with Crippen LogP contribution >= 0.6 is 23.2 Å². The molecule has 1 spiro atoms. The number of aromatic nitrogens is 2. The summed E-state index contributed by atoms with van der Waals surface area (Å²) in [6, 6.07) is 8.80. The molecule has 2 aromatic heterocycles. The number of halogens is 3. The Hall–Kier alpha value is -2.94. The summed E-state index contributed by atoms with van der Waals surface area (Å²) >= 11 is 12.2. The zero-order chi connectivity index (χ0) is 24.7. The molecule has 2 saturated heterocycles. The van der Waals surface area contributed by atoms with Gasteiger partial charge in [-0.05, 0) is 43.7 Å². The molecule has 1 atom stereocenters. The first-order chi connectivity index (χ1) is 16.8. The topological polar surface area (TPSA) is 97.4 Å². The van der Waals surface area contributed by atoms with Crippen LogP contribution in [0, 0.1) is 16.8 Å². The smallest absolute Gasteiger partial charge is 0.232 e. The number of nitrogens with two attached hydrogens (primary N) is 1. The molecule has 10 heteroatoms. The summed E-state index contributed by atoms with van der Waals surface area (Å²) in [5.41, 5.74) is 8.52. The molecule has 7 nitrogen and oxygen atoms in total. The maximum absolute atomic E-state index is 13.8. The van der Waals surface area contributed by atoms with Crippen molar-refractivity contribution in [2.24, 2.45) is 5.41 Å². The summed E-state index contributed by atoms with van der Waals surface area (Å²) in [6.45, 7) is 5.23. The van der Waals surface area contributed by atoms with E-state index in [1.54, 1.807) is 31.3 Å². The average Bonchev–Trinajstić information content (AvgIpc) is 3.32. The van der Waals surface area contributed by atoms with Gasteiger partial charge in [0.05, 0.1) is 17.3 Å². The minimum absolute atomic E-state index is 0.187. The van der Waals surface area contributed by atoms with Crippen LogP contribution in [0.5, 0.6) is 5.75 Å². The van der Waals surface area contributed by atoms with Gasteiger partial charge < -0.3 is 20.1 Å². The van der Waals surface area contributed by atoms with Crippen molar-refractivity contribution in [1.82, 2.24) is 9.97 Å². The van der Waals surface area contributed by atoms with Crippen molar-refractivity contribution in [3.63, 3.8) is 0 Å². The van der Waals surface area contributed by atoms with Gasteiger partial charge in [0.25, 0.3) is 0 Å². The molecule has 182 valence electrons. The lowest BCUT2D eigenvalue weighted by Gasteiger charge is -2.47. The standard InChI is InChI=1S/C25H24Cl2FN5O2/c1-14(21-18(26)10-32-24(28)22(21)27)35-16-3-4-19(29)17(8-16)23(30)15-2-5-20(31-9-15)33-11-25(12-33)6-7-34-13-25/h2-5,8-10,14,30H,6-7,11-13,29H2,1H3/t14-/m1/s1. The van der Waals surface area contributed by atoms with E-state index in [2.05, 4.69) is 14.9 Å². The number of nitrogen functional groups attached to an aromatic ring is 1. The molecule has 3 aromatic rings. The summed E-state index contributed by atoms with van der Waals surface area (Å²) in [5.74, 6) is 0.503. The fourth-order valence-electron chi connectivity index (χ4n) is 4.62. The molecule has 2 aliphatic heterocycles. The Morgan fingerprint density at radius 1 is 1.23 bits per heavy atom. The van der Waals surface area contributed by atoms with Crippen LogP contribution in [0.25, 0.3) is 0 Å². The molecule has 0 radical (unpaired) electrons. The van der Waals surface area contributed by atoms with Gasteiger partial charge in [0.2, 0.25) is 5.95 Å². The Morgan fingerprint density at radius 2 is 2.03 bits per heavy atom. The van der Waals surface area contributed by atoms with E-state index < -0.39 is 12.1 Å². The molecule has 2 fully saturated rings. The third kappa shape index (κ3) is 4.53. The minimum Gasteiger partial charge on any atom is -0.486 e. The van der Waals surface area contributed by atoms with Crippen LogP contribution in [-0.4, -0.2) is 42.0 Å². The molecule has 3 N–H and O–H groups in total. The van der Waals surface area contributed by atoms with E-state index in [0.717, 1.165) is 38.5 Å². The Kier molecular flexibility index (Phi) is 6.29. The molecule has 5 rings (SSSR count). The Balaban J connectivity index is 1.31. The highest BCUT2D eigenvalue weighted by molar-refractivity contribution is 6.35. The molecule has 35 heavy (non-hydrogen) atoms. The van der Waals surface area contributed by atoms with Crippen LogP contribution in [0.2, 0.25) is 10.0 Å². The van der Waals surface area contributed by atoms with Crippen molar-refractivity contribution in [3.05, 3.63) is 75.4 Å². The minimum atomic E-state index is -0.817. The second-order valence-electron chi connectivity index (χ2n) is 9.07. The van der Waals surface area contributed by atoms with Gasteiger partial charge in [0.15, 0.2) is 0 Å². The van der Waals surface area contributed by atoms with Gasteiger partial charge in [-0.25, -0.2) is 9.97 Å². The van der Waals surface area contributed by atoms with Crippen LogP contribution in [0.3, 0.4) is 0 Å². The highest BCUT2D eigenvalue weighted by Crippen LogP contribution is 2.40. The van der Waals surface area contributed by atoms with E-state index in [-0.39, 0.29) is 21.2 Å². The summed E-state index contributed by atoms with van der Waals surface area (Å²) < 4.78 is 25.3. The molecular weight excluding hydrogens is 492 g/mol. The second-order valence-corrected chi connectivity index (χ2v) is 9.86. The Bertz CT molecular complexity index is 1270. The first kappa shape index (κ1) is 23.8. The van der Waals surface area contributed by atoms with Crippen LogP contribution in [0.15, 0.2) is 42.7 Å². The monoisotopic (exact) mass is 515 g/mol. The van der Waals surface area contributed by atoms with Crippen LogP contribution in [-0.2, 0) is 4.74 Å². The summed E-state index contributed by atoms with van der Waals surface area (Å²) in [4.78, 5) is 10.3. The third-order valence-corrected chi connectivity index (χ3v) is 7.24. The van der Waals surface area contributed by atoms with Gasteiger partial charge in [-0.3, -0.25) is 5.41 Å². The lowest BCUT2D eigenvalue weighted by molar-refractivity contribution is 0.131. The van der Waals surface area contributed by atoms with E-state index in [9.17, 15) is 4.39 Å². The quantitative estimate of drug-likeness (QED) is 0.263. The number of nitrogens with zero attached hydrogens (tertiary/aromatic N) is 3. The van der Waals surface area contributed by atoms with Gasteiger partial charge >= 0.3 is 0 Å². The summed E-state index contributed by atoms with van der Waals surface area (Å²) in [7, 11) is 0. The van der Waals surface area contributed by atoms with E-state index in [0.29, 0.717) is 28.1 Å². The van der Waals surface area contributed by atoms with Gasteiger partial charge in [0.1, 0.15) is 22.7 Å². The Labute approximate surface area is 212 Å². The maximum Gasteiger partial charge on any atom is 0.232 e. The predicted molar refractivity (Wildman–Crippen MR) is 134 cm³/mol.